The van der Waals surface area contributed by atoms with Crippen LogP contribution >= 0.6 is 0 Å². The van der Waals surface area contributed by atoms with Gasteiger partial charge in [0.2, 0.25) is 0 Å². The van der Waals surface area contributed by atoms with Crippen LogP contribution in [0, 0.1) is 17.2 Å². The van der Waals surface area contributed by atoms with Crippen LogP contribution in [0.15, 0.2) is 24.5 Å². The number of carbonyl (C=O) groups is 1. The highest BCUT2D eigenvalue weighted by Gasteiger charge is 2.50. The Hall–Kier alpha value is -2.89. The van der Waals surface area contributed by atoms with Crippen molar-refractivity contribution in [3.05, 3.63) is 35.9 Å². The van der Waals surface area contributed by atoms with Gasteiger partial charge in [0.25, 0.3) is 11.8 Å². The monoisotopic (exact) mass is 613 g/mol. The molecule has 44 heavy (non-hydrogen) atoms. The normalized spacial score (nSPS) is 17.9. The lowest BCUT2D eigenvalue weighted by molar-refractivity contribution is -0.0347. The molecular weight excluding hydrogens is 561 g/mol. The highest BCUT2D eigenvalue weighted by Crippen LogP contribution is 2.44. The van der Waals surface area contributed by atoms with E-state index in [4.69, 9.17) is 9.47 Å². The van der Waals surface area contributed by atoms with Crippen molar-refractivity contribution in [3.63, 3.8) is 0 Å². The van der Waals surface area contributed by atoms with Crippen molar-refractivity contribution < 1.29 is 18.7 Å². The van der Waals surface area contributed by atoms with Crippen LogP contribution in [0.2, 0.25) is 0 Å². The van der Waals surface area contributed by atoms with Gasteiger partial charge in [-0.15, -0.1) is 10.2 Å². The zero-order valence-electron chi connectivity index (χ0n) is 27.9. The van der Waals surface area contributed by atoms with Gasteiger partial charge in [0, 0.05) is 63.4 Å². The molecule has 0 saturated carbocycles. The number of rotatable bonds is 15. The number of methoxy groups -OCH3 is 1. The molecule has 1 aromatic heterocycles. The first kappa shape index (κ1) is 34.0. The average Bonchev–Trinajstić information content (AvgIpc) is 3.41. The lowest BCUT2D eigenvalue weighted by Crippen LogP contribution is -2.62. The molecule has 0 aliphatic carbocycles. The number of amides is 1. The third-order valence-corrected chi connectivity index (χ3v) is 9.40. The van der Waals surface area contributed by atoms with E-state index in [2.05, 4.69) is 57.7 Å². The Morgan fingerprint density at radius 3 is 2.57 bits per heavy atom. The molecule has 2 fully saturated rings. The highest BCUT2D eigenvalue weighted by molar-refractivity contribution is 5.97. The van der Waals surface area contributed by atoms with Gasteiger partial charge in [-0.05, 0) is 84.7 Å². The van der Waals surface area contributed by atoms with Gasteiger partial charge in [-0.1, -0.05) is 13.8 Å². The predicted molar refractivity (Wildman–Crippen MR) is 171 cm³/mol. The fourth-order valence-electron chi connectivity index (χ4n) is 6.80. The van der Waals surface area contributed by atoms with E-state index >= 15 is 0 Å². The second-order valence-corrected chi connectivity index (χ2v) is 13.3. The summed E-state index contributed by atoms with van der Waals surface area (Å²) in [5.74, 6) is 0.862. The van der Waals surface area contributed by atoms with E-state index < -0.39 is 5.82 Å². The standard InChI is InChI=1S/C33H52FN7O3/c1-9-41(24(4)5)32(42)27-17-26(34)12-13-29(27)44-31-30(35-22-36-37-31)39-16-14-33(19-39)20-40(21-33)28(23(2)3)11-10-15-38(7)25(6)18-43-8/h12-13,17,22-25,28H,9-11,14-16,18-21H2,1-8H3. The van der Waals surface area contributed by atoms with Crippen molar-refractivity contribution in [1.82, 2.24) is 29.9 Å². The molecule has 2 saturated heterocycles. The molecule has 1 amide bonds. The Bertz CT molecular complexity index is 1240. The number of nitrogens with zero attached hydrogens (tertiary/aromatic N) is 7. The molecule has 1 spiro atoms. The van der Waals surface area contributed by atoms with Crippen molar-refractivity contribution >= 4 is 11.7 Å². The number of carbonyl (C=O) groups excluding carboxylic acids is 1. The zero-order chi connectivity index (χ0) is 32.0. The maximum absolute atomic E-state index is 14.3. The van der Waals surface area contributed by atoms with E-state index in [9.17, 15) is 9.18 Å². The highest BCUT2D eigenvalue weighted by atomic mass is 19.1. The largest absolute Gasteiger partial charge is 0.434 e. The van der Waals surface area contributed by atoms with E-state index in [0.29, 0.717) is 30.4 Å². The first-order valence-electron chi connectivity index (χ1n) is 16.1. The van der Waals surface area contributed by atoms with E-state index in [-0.39, 0.29) is 34.6 Å². The molecule has 2 atom stereocenters. The molecule has 1 aromatic carbocycles. The molecule has 11 heteroatoms. The quantitative estimate of drug-likeness (QED) is 0.277. The second-order valence-electron chi connectivity index (χ2n) is 13.3. The van der Waals surface area contributed by atoms with E-state index in [1.807, 2.05) is 20.8 Å². The number of halogens is 1. The van der Waals surface area contributed by atoms with Gasteiger partial charge in [0.05, 0.1) is 12.2 Å². The predicted octanol–water partition coefficient (Wildman–Crippen LogP) is 4.96. The maximum atomic E-state index is 14.3. The summed E-state index contributed by atoms with van der Waals surface area (Å²) in [5, 5.41) is 8.22. The summed E-state index contributed by atoms with van der Waals surface area (Å²) in [4.78, 5) is 26.8. The molecule has 0 radical (unpaired) electrons. The van der Waals surface area contributed by atoms with Crippen molar-refractivity contribution in [1.29, 1.82) is 0 Å². The molecule has 0 N–H and O–H groups in total. The Morgan fingerprint density at radius 1 is 1.16 bits per heavy atom. The number of anilines is 1. The minimum atomic E-state index is -0.499. The molecule has 4 rings (SSSR count). The van der Waals surface area contributed by atoms with Crippen LogP contribution < -0.4 is 9.64 Å². The summed E-state index contributed by atoms with van der Waals surface area (Å²) in [7, 11) is 3.94. The lowest BCUT2D eigenvalue weighted by Gasteiger charge is -2.53. The van der Waals surface area contributed by atoms with Crippen LogP contribution in [0.1, 0.15) is 71.2 Å². The number of likely N-dealkylation sites (N-methyl/N-ethyl adjacent to an activating group) is 1. The second kappa shape index (κ2) is 14.9. The molecule has 2 unspecified atom stereocenters. The summed E-state index contributed by atoms with van der Waals surface area (Å²) in [6.45, 7) is 18.8. The number of aromatic nitrogens is 3. The van der Waals surface area contributed by atoms with Gasteiger partial charge in [0.1, 0.15) is 17.9 Å². The molecule has 2 aliphatic rings. The summed E-state index contributed by atoms with van der Waals surface area (Å²) >= 11 is 0. The van der Waals surface area contributed by atoms with Gasteiger partial charge in [-0.3, -0.25) is 9.69 Å². The maximum Gasteiger partial charge on any atom is 0.282 e. The number of ether oxygens (including phenoxy) is 2. The summed E-state index contributed by atoms with van der Waals surface area (Å²) in [6, 6.07) is 4.93. The van der Waals surface area contributed by atoms with Crippen LogP contribution in [-0.4, -0.2) is 114 Å². The minimum Gasteiger partial charge on any atom is -0.434 e. The Labute approximate surface area is 262 Å². The van der Waals surface area contributed by atoms with Crippen LogP contribution in [0.4, 0.5) is 10.2 Å². The number of hydrogen-bond acceptors (Lipinski definition) is 9. The summed E-state index contributed by atoms with van der Waals surface area (Å²) in [6.07, 6.45) is 4.83. The van der Waals surface area contributed by atoms with Gasteiger partial charge in [-0.2, -0.15) is 0 Å². The first-order chi connectivity index (χ1) is 21.0. The fourth-order valence-corrected chi connectivity index (χ4v) is 6.80. The third-order valence-electron chi connectivity index (χ3n) is 9.40. The van der Waals surface area contributed by atoms with E-state index in [1.165, 1.54) is 30.9 Å². The Kier molecular flexibility index (Phi) is 11.5. The SMILES string of the molecule is CCN(C(=O)c1cc(F)ccc1Oc1nncnc1N1CCC2(C1)CN(C(CCCN(C)C(C)COC)C(C)C)C2)C(C)C. The van der Waals surface area contributed by atoms with Crippen LogP contribution in [-0.2, 0) is 4.74 Å². The smallest absolute Gasteiger partial charge is 0.282 e. The minimum absolute atomic E-state index is 0.0404. The fraction of sp³-hybridized carbons (Fsp3) is 0.697. The molecular formula is C33H52FN7O3. The summed E-state index contributed by atoms with van der Waals surface area (Å²) < 4.78 is 25.8. The third kappa shape index (κ3) is 7.84. The zero-order valence-corrected chi connectivity index (χ0v) is 27.9. The van der Waals surface area contributed by atoms with Crippen molar-refractivity contribution in [2.24, 2.45) is 11.3 Å². The Balaban J connectivity index is 1.41. The Morgan fingerprint density at radius 2 is 1.91 bits per heavy atom. The number of likely N-dealkylation sites (tertiary alicyclic amines) is 1. The van der Waals surface area contributed by atoms with Crippen LogP contribution in [0.5, 0.6) is 11.6 Å². The van der Waals surface area contributed by atoms with Gasteiger partial charge >= 0.3 is 0 Å². The molecule has 3 heterocycles. The number of benzene rings is 1. The number of hydrogen-bond donors (Lipinski definition) is 0. The van der Waals surface area contributed by atoms with Gasteiger partial charge in [0.15, 0.2) is 5.82 Å². The van der Waals surface area contributed by atoms with Crippen LogP contribution in [0.25, 0.3) is 0 Å². The van der Waals surface area contributed by atoms with Gasteiger partial charge in [-0.25, -0.2) is 9.37 Å². The van der Waals surface area contributed by atoms with E-state index in [1.54, 1.807) is 12.0 Å². The van der Waals surface area contributed by atoms with Crippen molar-refractivity contribution in [2.75, 3.05) is 64.9 Å². The first-order valence-corrected chi connectivity index (χ1v) is 16.1. The van der Waals surface area contributed by atoms with Crippen molar-refractivity contribution in [3.8, 4) is 11.6 Å². The molecule has 244 valence electrons. The van der Waals surface area contributed by atoms with Crippen molar-refractivity contribution in [2.45, 2.75) is 78.9 Å². The molecule has 10 nitrogen and oxygen atoms in total. The van der Waals surface area contributed by atoms with Gasteiger partial charge < -0.3 is 24.2 Å². The van der Waals surface area contributed by atoms with Crippen LogP contribution in [0.3, 0.4) is 0 Å². The van der Waals surface area contributed by atoms with E-state index in [0.717, 1.165) is 52.2 Å². The topological polar surface area (TPSA) is 87.2 Å². The molecule has 0 bridgehead atoms. The molecule has 2 aromatic rings. The lowest BCUT2D eigenvalue weighted by atomic mass is 9.76. The molecule has 2 aliphatic heterocycles. The summed E-state index contributed by atoms with van der Waals surface area (Å²) in [5.41, 5.74) is 0.360. The average molecular weight is 614 g/mol.